The van der Waals surface area contributed by atoms with Crippen LogP contribution in [0.2, 0.25) is 0 Å². The lowest BCUT2D eigenvalue weighted by molar-refractivity contribution is 0.0706. The molecule has 0 saturated heterocycles. The van der Waals surface area contributed by atoms with Crippen molar-refractivity contribution in [3.05, 3.63) is 51.0 Å². The first-order valence-electron chi connectivity index (χ1n) is 7.63. The Bertz CT molecular complexity index is 792. The molecular formula is C17H19N3O3S. The van der Waals surface area contributed by atoms with E-state index in [-0.39, 0.29) is 11.3 Å². The summed E-state index contributed by atoms with van der Waals surface area (Å²) < 4.78 is 0. The molecule has 1 aromatic heterocycles. The fourth-order valence-corrected chi connectivity index (χ4v) is 4.12. The van der Waals surface area contributed by atoms with Crippen LogP contribution in [0.3, 0.4) is 0 Å². The van der Waals surface area contributed by atoms with E-state index in [1.165, 1.54) is 11.3 Å². The summed E-state index contributed by atoms with van der Waals surface area (Å²) in [5.74, 6) is -0.558. The Morgan fingerprint density at radius 2 is 1.88 bits per heavy atom. The van der Waals surface area contributed by atoms with Gasteiger partial charge in [0.05, 0.1) is 5.69 Å². The van der Waals surface area contributed by atoms with Crippen molar-refractivity contribution >= 4 is 23.2 Å². The smallest absolute Gasteiger partial charge is 0.274 e. The fourth-order valence-electron chi connectivity index (χ4n) is 2.76. The van der Waals surface area contributed by atoms with E-state index >= 15 is 0 Å². The Morgan fingerprint density at radius 3 is 2.38 bits per heavy atom. The van der Waals surface area contributed by atoms with Gasteiger partial charge in [-0.3, -0.25) is 14.8 Å². The molecule has 1 aliphatic carbocycles. The van der Waals surface area contributed by atoms with Gasteiger partial charge in [-0.25, -0.2) is 10.5 Å². The average Bonchev–Trinajstić information content (AvgIpc) is 3.30. The van der Waals surface area contributed by atoms with Crippen LogP contribution in [0.1, 0.15) is 49.1 Å². The van der Waals surface area contributed by atoms with Crippen molar-refractivity contribution in [2.75, 3.05) is 14.1 Å². The molecule has 1 aromatic carbocycles. The highest BCUT2D eigenvalue weighted by atomic mass is 32.1. The van der Waals surface area contributed by atoms with E-state index in [2.05, 4.69) is 4.98 Å². The van der Waals surface area contributed by atoms with Gasteiger partial charge in [-0.1, -0.05) is 12.1 Å². The van der Waals surface area contributed by atoms with E-state index in [0.29, 0.717) is 10.4 Å². The maximum absolute atomic E-state index is 12.2. The molecular weight excluding hydrogens is 326 g/mol. The number of nitrogens with zero attached hydrogens (tertiary/aromatic N) is 2. The third-order valence-corrected chi connectivity index (χ3v) is 5.71. The summed E-state index contributed by atoms with van der Waals surface area (Å²) in [6.45, 7) is 1.86. The number of carbonyl (C=O) groups excluding carboxylic acids is 2. The largest absolute Gasteiger partial charge is 0.344 e. The molecule has 2 N–H and O–H groups in total. The third-order valence-electron chi connectivity index (χ3n) is 4.36. The Morgan fingerprint density at radius 1 is 1.25 bits per heavy atom. The van der Waals surface area contributed by atoms with Crippen molar-refractivity contribution in [3.8, 4) is 0 Å². The van der Waals surface area contributed by atoms with Gasteiger partial charge in [-0.2, -0.15) is 0 Å². The Hall–Kier alpha value is -2.25. The van der Waals surface area contributed by atoms with E-state index < -0.39 is 5.91 Å². The monoisotopic (exact) mass is 345 g/mol. The van der Waals surface area contributed by atoms with Crippen molar-refractivity contribution in [3.63, 3.8) is 0 Å². The van der Waals surface area contributed by atoms with Crippen LogP contribution in [0.5, 0.6) is 0 Å². The Balaban J connectivity index is 1.93. The predicted molar refractivity (Wildman–Crippen MR) is 90.6 cm³/mol. The number of aromatic nitrogens is 1. The second kappa shape index (κ2) is 5.99. The summed E-state index contributed by atoms with van der Waals surface area (Å²) in [4.78, 5) is 30.6. The zero-order chi connectivity index (χ0) is 17.5. The van der Waals surface area contributed by atoms with Crippen molar-refractivity contribution < 1.29 is 14.8 Å². The zero-order valence-corrected chi connectivity index (χ0v) is 14.6. The van der Waals surface area contributed by atoms with E-state index in [0.717, 1.165) is 29.1 Å². The number of carbonyl (C=O) groups is 2. The van der Waals surface area contributed by atoms with Gasteiger partial charge < -0.3 is 4.90 Å². The second-order valence-corrected chi connectivity index (χ2v) is 7.23. The summed E-state index contributed by atoms with van der Waals surface area (Å²) in [7, 11) is 3.47. The minimum atomic E-state index is -0.532. The van der Waals surface area contributed by atoms with E-state index in [1.54, 1.807) is 36.6 Å². The minimum Gasteiger partial charge on any atom is -0.344 e. The standard InChI is InChI=1S/C17H19N3O3S/c1-10-13(15(22)20(2)3)24-16(18-10)17(8-9-17)12-6-4-11(5-7-12)14(21)19-23/h4-7,23H,8-9H2,1-3H3,(H,19,21). The number of benzene rings is 1. The van der Waals surface area contributed by atoms with Gasteiger partial charge in [0.1, 0.15) is 9.88 Å². The fraction of sp³-hybridized carbons (Fsp3) is 0.353. The van der Waals surface area contributed by atoms with Gasteiger partial charge in [0.25, 0.3) is 11.8 Å². The van der Waals surface area contributed by atoms with Crippen molar-refractivity contribution in [2.24, 2.45) is 0 Å². The zero-order valence-electron chi connectivity index (χ0n) is 13.8. The first-order chi connectivity index (χ1) is 11.4. The van der Waals surface area contributed by atoms with Gasteiger partial charge in [-0.05, 0) is 37.5 Å². The predicted octanol–water partition coefficient (Wildman–Crippen LogP) is 2.35. The van der Waals surface area contributed by atoms with Crippen LogP contribution in [0.4, 0.5) is 0 Å². The van der Waals surface area contributed by atoms with Gasteiger partial charge >= 0.3 is 0 Å². The van der Waals surface area contributed by atoms with Crippen LogP contribution in [0, 0.1) is 6.92 Å². The van der Waals surface area contributed by atoms with E-state index in [9.17, 15) is 9.59 Å². The molecule has 2 amide bonds. The number of hydrogen-bond donors (Lipinski definition) is 2. The number of hydroxylamine groups is 1. The summed E-state index contributed by atoms with van der Waals surface area (Å²) in [5, 5.41) is 9.64. The molecule has 0 aliphatic heterocycles. The normalized spacial score (nSPS) is 15.0. The van der Waals surface area contributed by atoms with Gasteiger partial charge in [-0.15, -0.1) is 11.3 Å². The second-order valence-electron chi connectivity index (χ2n) is 6.23. The Kier molecular flexibility index (Phi) is 4.15. The van der Waals surface area contributed by atoms with Gasteiger partial charge in [0, 0.05) is 25.1 Å². The number of amides is 2. The molecule has 1 aliphatic rings. The van der Waals surface area contributed by atoms with Crippen LogP contribution >= 0.6 is 11.3 Å². The highest BCUT2D eigenvalue weighted by Crippen LogP contribution is 2.54. The molecule has 24 heavy (non-hydrogen) atoms. The van der Waals surface area contributed by atoms with Gasteiger partial charge in [0.15, 0.2) is 0 Å². The van der Waals surface area contributed by atoms with Crippen molar-refractivity contribution in [1.82, 2.24) is 15.4 Å². The number of rotatable bonds is 4. The molecule has 2 aromatic rings. The van der Waals surface area contributed by atoms with Crippen LogP contribution in [0.25, 0.3) is 0 Å². The molecule has 1 saturated carbocycles. The first kappa shape index (κ1) is 16.6. The third kappa shape index (κ3) is 2.70. The maximum Gasteiger partial charge on any atom is 0.274 e. The topological polar surface area (TPSA) is 82.5 Å². The lowest BCUT2D eigenvalue weighted by Crippen LogP contribution is -2.21. The molecule has 0 radical (unpaired) electrons. The van der Waals surface area contributed by atoms with Crippen LogP contribution < -0.4 is 5.48 Å². The lowest BCUT2D eigenvalue weighted by Gasteiger charge is -2.13. The quantitative estimate of drug-likeness (QED) is 0.658. The number of nitrogens with one attached hydrogen (secondary N) is 1. The molecule has 6 nitrogen and oxygen atoms in total. The molecule has 0 atom stereocenters. The number of aryl methyl sites for hydroxylation is 1. The number of thiazole rings is 1. The molecule has 1 fully saturated rings. The van der Waals surface area contributed by atoms with Crippen LogP contribution in [-0.2, 0) is 5.41 Å². The molecule has 0 unspecified atom stereocenters. The SMILES string of the molecule is Cc1nc(C2(c3ccc(C(=O)NO)cc3)CC2)sc1C(=O)N(C)C. The highest BCUT2D eigenvalue weighted by molar-refractivity contribution is 7.14. The van der Waals surface area contributed by atoms with Crippen LogP contribution in [-0.4, -0.2) is 41.0 Å². The van der Waals surface area contributed by atoms with Crippen molar-refractivity contribution in [2.45, 2.75) is 25.2 Å². The summed E-state index contributed by atoms with van der Waals surface area (Å²) in [6, 6.07) is 7.16. The Labute approximate surface area is 144 Å². The summed E-state index contributed by atoms with van der Waals surface area (Å²) in [5.41, 5.74) is 3.71. The summed E-state index contributed by atoms with van der Waals surface area (Å²) >= 11 is 1.45. The maximum atomic E-state index is 12.2. The summed E-state index contributed by atoms with van der Waals surface area (Å²) in [6.07, 6.45) is 1.95. The molecule has 7 heteroatoms. The van der Waals surface area contributed by atoms with Crippen LogP contribution in [0.15, 0.2) is 24.3 Å². The highest BCUT2D eigenvalue weighted by Gasteiger charge is 2.49. The average molecular weight is 345 g/mol. The molecule has 3 rings (SSSR count). The molecule has 0 bridgehead atoms. The first-order valence-corrected chi connectivity index (χ1v) is 8.45. The van der Waals surface area contributed by atoms with Gasteiger partial charge in [0.2, 0.25) is 0 Å². The van der Waals surface area contributed by atoms with E-state index in [1.807, 2.05) is 19.1 Å². The van der Waals surface area contributed by atoms with Crippen molar-refractivity contribution in [1.29, 1.82) is 0 Å². The molecule has 126 valence electrons. The van der Waals surface area contributed by atoms with E-state index in [4.69, 9.17) is 5.21 Å². The lowest BCUT2D eigenvalue weighted by atomic mass is 9.95. The number of hydrogen-bond acceptors (Lipinski definition) is 5. The molecule has 1 heterocycles. The minimum absolute atomic E-state index is 0.0259. The molecule has 0 spiro atoms.